The van der Waals surface area contributed by atoms with E-state index in [0.717, 1.165) is 71.3 Å². The number of rotatable bonds is 3. The Bertz CT molecular complexity index is 3140. The standard InChI is InChI=1S/C46H27N3O/c1-2-12-28(13-3-1)29-22-24-30(25-23-29)44-35-18-8-10-20-37(35)47-46(48-44)49-38-21-11-9-19-36(38)41-39(49)26-27-40-43(41)42-33-16-6-4-14-31(33)32-15-5-7-17-34(32)45(42)50-40/h1-27H. The molecule has 4 nitrogen and oxygen atoms in total. The van der Waals surface area contributed by atoms with Crippen LogP contribution in [0.25, 0.3) is 105 Å². The quantitative estimate of drug-likeness (QED) is 0.181. The van der Waals surface area contributed by atoms with Gasteiger partial charge in [0.2, 0.25) is 5.95 Å². The van der Waals surface area contributed by atoms with Crippen LogP contribution in [0.15, 0.2) is 168 Å². The van der Waals surface area contributed by atoms with Crippen LogP contribution in [0.4, 0.5) is 0 Å². The highest BCUT2D eigenvalue weighted by molar-refractivity contribution is 6.36. The molecule has 0 fully saturated rings. The second kappa shape index (κ2) is 10.4. The van der Waals surface area contributed by atoms with Crippen molar-refractivity contribution in [2.45, 2.75) is 0 Å². The Morgan fingerprint density at radius 2 is 0.980 bits per heavy atom. The minimum atomic E-state index is 0.638. The minimum Gasteiger partial charge on any atom is -0.455 e. The van der Waals surface area contributed by atoms with Crippen molar-refractivity contribution in [2.75, 3.05) is 0 Å². The lowest BCUT2D eigenvalue weighted by Crippen LogP contribution is -2.03. The lowest BCUT2D eigenvalue weighted by molar-refractivity contribution is 0.673. The number of para-hydroxylation sites is 2. The molecule has 11 aromatic rings. The fraction of sp³-hybridized carbons (Fsp3) is 0. The Balaban J connectivity index is 1.23. The highest BCUT2D eigenvalue weighted by atomic mass is 16.3. The van der Waals surface area contributed by atoms with Gasteiger partial charge in [-0.3, -0.25) is 4.57 Å². The number of nitrogens with zero attached hydrogens (tertiary/aromatic N) is 3. The molecule has 0 N–H and O–H groups in total. The monoisotopic (exact) mass is 637 g/mol. The van der Waals surface area contributed by atoms with Crippen LogP contribution >= 0.6 is 0 Å². The third-order valence-corrected chi connectivity index (χ3v) is 10.2. The Labute approximate surface area is 286 Å². The molecule has 4 heteroatoms. The first-order valence-electron chi connectivity index (χ1n) is 16.9. The van der Waals surface area contributed by atoms with Crippen LogP contribution in [-0.2, 0) is 0 Å². The van der Waals surface area contributed by atoms with Crippen LogP contribution in [0, 0.1) is 0 Å². The van der Waals surface area contributed by atoms with Gasteiger partial charge in [-0.15, -0.1) is 0 Å². The van der Waals surface area contributed by atoms with Gasteiger partial charge in [-0.1, -0.05) is 140 Å². The molecule has 0 saturated carbocycles. The molecule has 0 saturated heterocycles. The van der Waals surface area contributed by atoms with Crippen molar-refractivity contribution in [3.05, 3.63) is 164 Å². The van der Waals surface area contributed by atoms with Crippen molar-refractivity contribution in [2.24, 2.45) is 0 Å². The maximum atomic E-state index is 6.78. The first-order chi connectivity index (χ1) is 24.8. The molecule has 0 bridgehead atoms. The average Bonchev–Trinajstić information content (AvgIpc) is 3.75. The molecule has 0 atom stereocenters. The second-order valence-electron chi connectivity index (χ2n) is 12.9. The molecular weight excluding hydrogens is 611 g/mol. The van der Waals surface area contributed by atoms with E-state index in [4.69, 9.17) is 14.4 Å². The largest absolute Gasteiger partial charge is 0.455 e. The zero-order valence-electron chi connectivity index (χ0n) is 26.8. The lowest BCUT2D eigenvalue weighted by atomic mass is 9.95. The van der Waals surface area contributed by atoms with E-state index < -0.39 is 0 Å². The second-order valence-corrected chi connectivity index (χ2v) is 12.9. The van der Waals surface area contributed by atoms with Crippen molar-refractivity contribution in [1.82, 2.24) is 14.5 Å². The molecule has 0 amide bonds. The SMILES string of the molecule is c1ccc(-c2ccc(-c3nc(-n4c5ccccc5c5c6c(ccc54)oc4c5ccccc5c5ccccc5c46)nc4ccccc34)cc2)cc1. The van der Waals surface area contributed by atoms with E-state index in [1.165, 1.54) is 27.3 Å². The Hall–Kier alpha value is -6.78. The van der Waals surface area contributed by atoms with Crippen LogP contribution < -0.4 is 0 Å². The van der Waals surface area contributed by atoms with Gasteiger partial charge < -0.3 is 4.42 Å². The molecule has 11 rings (SSSR count). The number of hydrogen-bond donors (Lipinski definition) is 0. The van der Waals surface area contributed by atoms with Gasteiger partial charge in [0, 0.05) is 37.9 Å². The Kier molecular flexibility index (Phi) is 5.63. The average molecular weight is 638 g/mol. The highest BCUT2D eigenvalue weighted by Gasteiger charge is 2.23. The third kappa shape index (κ3) is 3.81. The summed E-state index contributed by atoms with van der Waals surface area (Å²) in [7, 11) is 0. The molecule has 3 heterocycles. The fourth-order valence-corrected chi connectivity index (χ4v) is 8.00. The molecule has 0 aliphatic carbocycles. The summed E-state index contributed by atoms with van der Waals surface area (Å²) in [5.41, 5.74) is 9.10. The Morgan fingerprint density at radius 1 is 0.380 bits per heavy atom. The zero-order chi connectivity index (χ0) is 32.8. The van der Waals surface area contributed by atoms with Crippen molar-refractivity contribution < 1.29 is 4.42 Å². The molecule has 0 aliphatic rings. The summed E-state index contributed by atoms with van der Waals surface area (Å²) in [5.74, 6) is 0.638. The Morgan fingerprint density at radius 3 is 1.78 bits per heavy atom. The van der Waals surface area contributed by atoms with E-state index in [-0.39, 0.29) is 0 Å². The van der Waals surface area contributed by atoms with Crippen molar-refractivity contribution in [1.29, 1.82) is 0 Å². The van der Waals surface area contributed by atoms with Gasteiger partial charge in [-0.2, -0.15) is 0 Å². The van der Waals surface area contributed by atoms with E-state index in [2.05, 4.69) is 156 Å². The van der Waals surface area contributed by atoms with E-state index in [1.54, 1.807) is 0 Å². The fourth-order valence-electron chi connectivity index (χ4n) is 8.00. The van der Waals surface area contributed by atoms with Gasteiger partial charge in [0.15, 0.2) is 0 Å². The number of hydrogen-bond acceptors (Lipinski definition) is 3. The number of fused-ring (bicyclic) bond motifs is 13. The molecule has 0 spiro atoms. The summed E-state index contributed by atoms with van der Waals surface area (Å²) in [6.07, 6.45) is 0. The van der Waals surface area contributed by atoms with Crippen molar-refractivity contribution >= 4 is 76.2 Å². The summed E-state index contributed by atoms with van der Waals surface area (Å²) in [6.45, 7) is 0. The lowest BCUT2D eigenvalue weighted by Gasteiger charge is -2.12. The molecule has 0 aliphatic heterocycles. The molecule has 8 aromatic carbocycles. The highest BCUT2D eigenvalue weighted by Crippen LogP contribution is 2.46. The van der Waals surface area contributed by atoms with Crippen molar-refractivity contribution in [3.8, 4) is 28.3 Å². The predicted octanol–water partition coefficient (Wildman–Crippen LogP) is 12.3. The van der Waals surface area contributed by atoms with E-state index >= 15 is 0 Å². The van der Waals surface area contributed by atoms with Gasteiger partial charge in [0.25, 0.3) is 0 Å². The first-order valence-corrected chi connectivity index (χ1v) is 16.9. The smallest absolute Gasteiger partial charge is 0.235 e. The number of benzene rings is 8. The van der Waals surface area contributed by atoms with Gasteiger partial charge >= 0.3 is 0 Å². The summed E-state index contributed by atoms with van der Waals surface area (Å²) < 4.78 is 9.00. The molecule has 50 heavy (non-hydrogen) atoms. The normalized spacial score (nSPS) is 12.0. The minimum absolute atomic E-state index is 0.638. The predicted molar refractivity (Wildman–Crippen MR) is 207 cm³/mol. The summed E-state index contributed by atoms with van der Waals surface area (Å²) in [5, 5.41) is 10.3. The molecule has 3 aromatic heterocycles. The maximum absolute atomic E-state index is 6.78. The van der Waals surface area contributed by atoms with Crippen LogP contribution in [-0.4, -0.2) is 14.5 Å². The number of aromatic nitrogens is 3. The maximum Gasteiger partial charge on any atom is 0.235 e. The number of furan rings is 1. The molecular formula is C46H27N3O. The van der Waals surface area contributed by atoms with E-state index in [0.29, 0.717) is 5.95 Å². The molecule has 0 unspecified atom stereocenters. The third-order valence-electron chi connectivity index (χ3n) is 10.2. The first kappa shape index (κ1) is 27.2. The molecule has 0 radical (unpaired) electrons. The summed E-state index contributed by atoms with van der Waals surface area (Å²) >= 11 is 0. The van der Waals surface area contributed by atoms with Crippen molar-refractivity contribution in [3.63, 3.8) is 0 Å². The summed E-state index contributed by atoms with van der Waals surface area (Å²) in [6, 6.07) is 57.6. The van der Waals surface area contributed by atoms with Crippen LogP contribution in [0.3, 0.4) is 0 Å². The molecule has 232 valence electrons. The van der Waals surface area contributed by atoms with E-state index in [1.807, 2.05) is 12.1 Å². The van der Waals surface area contributed by atoms with Gasteiger partial charge in [-0.25, -0.2) is 9.97 Å². The topological polar surface area (TPSA) is 43.9 Å². The van der Waals surface area contributed by atoms with Crippen LogP contribution in [0.1, 0.15) is 0 Å². The van der Waals surface area contributed by atoms with Crippen LogP contribution in [0.5, 0.6) is 0 Å². The summed E-state index contributed by atoms with van der Waals surface area (Å²) in [4.78, 5) is 10.6. The van der Waals surface area contributed by atoms with Gasteiger partial charge in [0.05, 0.1) is 22.2 Å². The van der Waals surface area contributed by atoms with E-state index in [9.17, 15) is 0 Å². The zero-order valence-corrected chi connectivity index (χ0v) is 26.8. The van der Waals surface area contributed by atoms with Gasteiger partial charge in [-0.05, 0) is 51.6 Å². The van der Waals surface area contributed by atoms with Gasteiger partial charge in [0.1, 0.15) is 11.2 Å². The van der Waals surface area contributed by atoms with Crippen LogP contribution in [0.2, 0.25) is 0 Å².